The summed E-state index contributed by atoms with van der Waals surface area (Å²) in [6.07, 6.45) is -1.37. The molecule has 16 heavy (non-hydrogen) atoms. The predicted molar refractivity (Wildman–Crippen MR) is 59.1 cm³/mol. The predicted octanol–water partition coefficient (Wildman–Crippen LogP) is 2.61. The van der Waals surface area contributed by atoms with E-state index in [0.29, 0.717) is 0 Å². The van der Waals surface area contributed by atoms with Crippen LogP contribution in [0.3, 0.4) is 0 Å². The molecule has 0 radical (unpaired) electrons. The minimum atomic E-state index is -1.17. The molecule has 0 aliphatic carbocycles. The molecule has 1 N–H and O–H groups in total. The van der Waals surface area contributed by atoms with Crippen molar-refractivity contribution in [1.29, 1.82) is 0 Å². The molecule has 1 unspecified atom stereocenters. The third-order valence-corrected chi connectivity index (χ3v) is 2.86. The Balaban J connectivity index is 2.97. The number of ketones is 1. The molecule has 2 nitrogen and oxygen atoms in total. The van der Waals surface area contributed by atoms with E-state index in [2.05, 4.69) is 15.9 Å². The van der Waals surface area contributed by atoms with E-state index < -0.39 is 29.9 Å². The monoisotopic (exact) mass is 292 g/mol. The summed E-state index contributed by atoms with van der Waals surface area (Å²) >= 11 is 2.91. The van der Waals surface area contributed by atoms with Gasteiger partial charge in [0.05, 0.1) is 4.47 Å². The van der Waals surface area contributed by atoms with Gasteiger partial charge in [0.1, 0.15) is 17.7 Å². The molecule has 0 saturated heterocycles. The van der Waals surface area contributed by atoms with E-state index in [9.17, 15) is 18.7 Å². The number of hydrogen-bond acceptors (Lipinski definition) is 2. The van der Waals surface area contributed by atoms with Crippen molar-refractivity contribution in [2.75, 3.05) is 0 Å². The van der Waals surface area contributed by atoms with Gasteiger partial charge in [0.15, 0.2) is 5.78 Å². The molecule has 0 aromatic heterocycles. The first-order chi connectivity index (χ1) is 7.47. The van der Waals surface area contributed by atoms with Crippen LogP contribution in [0.1, 0.15) is 18.9 Å². The Morgan fingerprint density at radius 3 is 2.69 bits per heavy atom. The largest absolute Gasteiger partial charge is 0.385 e. The van der Waals surface area contributed by atoms with Gasteiger partial charge in [-0.2, -0.15) is 0 Å². The fourth-order valence-electron chi connectivity index (χ4n) is 1.25. The number of aliphatic hydroxyl groups is 1. The Bertz CT molecular complexity index is 407. The zero-order valence-corrected chi connectivity index (χ0v) is 10.2. The highest BCUT2D eigenvalue weighted by Gasteiger charge is 2.19. The highest BCUT2D eigenvalue weighted by molar-refractivity contribution is 9.10. The van der Waals surface area contributed by atoms with Crippen LogP contribution in [0.4, 0.5) is 8.78 Å². The van der Waals surface area contributed by atoms with Gasteiger partial charge in [-0.1, -0.05) is 6.92 Å². The number of carbonyl (C=O) groups excluding carboxylic acids is 1. The van der Waals surface area contributed by atoms with E-state index >= 15 is 0 Å². The second-order valence-corrected chi connectivity index (χ2v) is 4.24. The molecule has 0 fully saturated rings. The second kappa shape index (κ2) is 5.50. The van der Waals surface area contributed by atoms with Gasteiger partial charge < -0.3 is 5.11 Å². The Kier molecular flexibility index (Phi) is 4.56. The molecular formula is C11H11BrF2O2. The molecule has 0 amide bonds. The van der Waals surface area contributed by atoms with Crippen LogP contribution in [-0.2, 0) is 11.2 Å². The molecule has 0 aliphatic rings. The lowest BCUT2D eigenvalue weighted by molar-refractivity contribution is -0.126. The lowest BCUT2D eigenvalue weighted by Gasteiger charge is -2.09. The normalized spacial score (nSPS) is 12.6. The van der Waals surface area contributed by atoms with Crippen LogP contribution in [0.2, 0.25) is 0 Å². The van der Waals surface area contributed by atoms with Crippen molar-refractivity contribution >= 4 is 21.7 Å². The van der Waals surface area contributed by atoms with E-state index in [4.69, 9.17) is 0 Å². The first-order valence-corrected chi connectivity index (χ1v) is 5.59. The Morgan fingerprint density at radius 1 is 1.50 bits per heavy atom. The fourth-order valence-corrected chi connectivity index (χ4v) is 1.62. The lowest BCUT2D eigenvalue weighted by atomic mass is 10.0. The Labute approximate surface area is 100 Å². The van der Waals surface area contributed by atoms with Crippen molar-refractivity contribution in [3.63, 3.8) is 0 Å². The zero-order valence-electron chi connectivity index (χ0n) is 8.64. The number of carbonyl (C=O) groups is 1. The molecule has 1 atom stereocenters. The third-order valence-electron chi connectivity index (χ3n) is 2.25. The number of halogens is 3. The minimum absolute atomic E-state index is 0.0997. The number of Topliss-reactive ketones (excluding diaryl/α,β-unsaturated/α-hetero) is 1. The number of hydrogen-bond donors (Lipinski definition) is 1. The van der Waals surface area contributed by atoms with Crippen molar-refractivity contribution in [2.45, 2.75) is 25.9 Å². The SMILES string of the molecule is CCC(O)C(=O)Cc1c(F)ccc(Br)c1F. The number of aliphatic hydroxyl groups excluding tert-OH is 1. The van der Waals surface area contributed by atoms with Crippen LogP contribution < -0.4 is 0 Å². The zero-order chi connectivity index (χ0) is 12.3. The van der Waals surface area contributed by atoms with Crippen molar-refractivity contribution in [2.24, 2.45) is 0 Å². The van der Waals surface area contributed by atoms with Crippen LogP contribution in [0.5, 0.6) is 0 Å². The fraction of sp³-hybridized carbons (Fsp3) is 0.364. The summed E-state index contributed by atoms with van der Waals surface area (Å²) in [6.45, 7) is 1.62. The molecule has 1 rings (SSSR count). The van der Waals surface area contributed by atoms with Gasteiger partial charge in [0.2, 0.25) is 0 Å². The first kappa shape index (κ1) is 13.3. The molecule has 0 spiro atoms. The van der Waals surface area contributed by atoms with Crippen LogP contribution in [0.15, 0.2) is 16.6 Å². The standard InChI is InChI=1S/C11H11BrF2O2/c1-2-9(15)10(16)5-6-8(13)4-3-7(12)11(6)14/h3-4,9,15H,2,5H2,1H3. The molecule has 1 aromatic rings. The van der Waals surface area contributed by atoms with Gasteiger partial charge in [0, 0.05) is 12.0 Å². The number of benzene rings is 1. The van der Waals surface area contributed by atoms with Crippen molar-refractivity contribution < 1.29 is 18.7 Å². The Hall–Kier alpha value is -0.810. The maximum Gasteiger partial charge on any atom is 0.165 e. The van der Waals surface area contributed by atoms with Crippen LogP contribution >= 0.6 is 15.9 Å². The summed E-state index contributed by atoms with van der Waals surface area (Å²) in [4.78, 5) is 11.4. The topological polar surface area (TPSA) is 37.3 Å². The summed E-state index contributed by atoms with van der Waals surface area (Å²) in [5.41, 5.74) is -0.313. The molecule has 1 aromatic carbocycles. The van der Waals surface area contributed by atoms with Gasteiger partial charge >= 0.3 is 0 Å². The highest BCUT2D eigenvalue weighted by atomic mass is 79.9. The van der Waals surface area contributed by atoms with Gasteiger partial charge in [-0.15, -0.1) is 0 Å². The molecule has 0 heterocycles. The van der Waals surface area contributed by atoms with Crippen LogP contribution in [0.25, 0.3) is 0 Å². The van der Waals surface area contributed by atoms with E-state index in [1.54, 1.807) is 6.92 Å². The van der Waals surface area contributed by atoms with Gasteiger partial charge in [0.25, 0.3) is 0 Å². The minimum Gasteiger partial charge on any atom is -0.385 e. The smallest absolute Gasteiger partial charge is 0.165 e. The average molecular weight is 293 g/mol. The van der Waals surface area contributed by atoms with E-state index in [1.807, 2.05) is 0 Å². The summed E-state index contributed by atoms with van der Waals surface area (Å²) in [5, 5.41) is 9.23. The van der Waals surface area contributed by atoms with Gasteiger partial charge in [-0.3, -0.25) is 4.79 Å². The lowest BCUT2D eigenvalue weighted by Crippen LogP contribution is -2.22. The van der Waals surface area contributed by atoms with Crippen molar-refractivity contribution in [1.82, 2.24) is 0 Å². The summed E-state index contributed by atoms with van der Waals surface area (Å²) < 4.78 is 26.8. The van der Waals surface area contributed by atoms with Crippen molar-refractivity contribution in [3.05, 3.63) is 33.8 Å². The summed E-state index contributed by atoms with van der Waals surface area (Å²) in [5.74, 6) is -2.16. The quantitative estimate of drug-likeness (QED) is 0.866. The highest BCUT2D eigenvalue weighted by Crippen LogP contribution is 2.22. The molecule has 0 aliphatic heterocycles. The van der Waals surface area contributed by atoms with Crippen LogP contribution in [-0.4, -0.2) is 17.0 Å². The van der Waals surface area contributed by atoms with Crippen LogP contribution in [0, 0.1) is 11.6 Å². The maximum absolute atomic E-state index is 13.5. The molecule has 0 bridgehead atoms. The Morgan fingerprint density at radius 2 is 2.12 bits per heavy atom. The van der Waals surface area contributed by atoms with Gasteiger partial charge in [-0.25, -0.2) is 8.78 Å². The number of rotatable bonds is 4. The molecule has 0 saturated carbocycles. The molecule has 5 heteroatoms. The van der Waals surface area contributed by atoms with E-state index in [0.717, 1.165) is 6.07 Å². The summed E-state index contributed by atoms with van der Waals surface area (Å²) in [6, 6.07) is 2.31. The molecular weight excluding hydrogens is 282 g/mol. The maximum atomic E-state index is 13.5. The average Bonchev–Trinajstić information content (AvgIpc) is 2.28. The second-order valence-electron chi connectivity index (χ2n) is 3.39. The van der Waals surface area contributed by atoms with Crippen molar-refractivity contribution in [3.8, 4) is 0 Å². The molecule has 88 valence electrons. The third kappa shape index (κ3) is 2.86. The first-order valence-electron chi connectivity index (χ1n) is 4.80. The summed E-state index contributed by atoms with van der Waals surface area (Å²) in [7, 11) is 0. The van der Waals surface area contributed by atoms with Gasteiger partial charge in [-0.05, 0) is 34.5 Å². The van der Waals surface area contributed by atoms with E-state index in [1.165, 1.54) is 6.07 Å². The van der Waals surface area contributed by atoms with E-state index in [-0.39, 0.29) is 16.5 Å².